The summed E-state index contributed by atoms with van der Waals surface area (Å²) in [6, 6.07) is 12.5. The number of benzene rings is 2. The summed E-state index contributed by atoms with van der Waals surface area (Å²) in [7, 11) is 3.89. The monoisotopic (exact) mass is 386 g/mol. The number of anilines is 1. The van der Waals surface area contributed by atoms with E-state index in [0.717, 1.165) is 20.4 Å². The number of rotatable bonds is 3. The molecule has 1 aromatic heterocycles. The molecule has 0 aliphatic heterocycles. The zero-order valence-electron chi connectivity index (χ0n) is 13.2. The molecule has 0 aliphatic carbocycles. The van der Waals surface area contributed by atoms with Gasteiger partial charge in [-0.15, -0.1) is 4.68 Å². The third-order valence-corrected chi connectivity index (χ3v) is 4.19. The molecule has 122 valence electrons. The van der Waals surface area contributed by atoms with Crippen LogP contribution in [0.4, 0.5) is 5.69 Å². The Kier molecular flexibility index (Phi) is 4.35. The number of fused-ring (bicyclic) bond motifs is 1. The topological polar surface area (TPSA) is 70.5 Å². The molecule has 0 saturated heterocycles. The maximum Gasteiger partial charge on any atom is 0.349 e. The van der Waals surface area contributed by atoms with E-state index in [1.807, 2.05) is 37.2 Å². The second kappa shape index (κ2) is 6.45. The first-order valence-corrected chi connectivity index (χ1v) is 8.02. The van der Waals surface area contributed by atoms with E-state index in [0.29, 0.717) is 10.9 Å². The molecule has 3 rings (SSSR count). The van der Waals surface area contributed by atoms with Crippen molar-refractivity contribution in [2.45, 2.75) is 0 Å². The highest BCUT2D eigenvalue weighted by molar-refractivity contribution is 9.10. The molecule has 0 bridgehead atoms. The molecule has 0 unspecified atom stereocenters. The third kappa shape index (κ3) is 3.03. The minimum absolute atomic E-state index is 0.415. The van der Waals surface area contributed by atoms with E-state index in [2.05, 4.69) is 26.0 Å². The van der Waals surface area contributed by atoms with Gasteiger partial charge in [0.1, 0.15) is 0 Å². The molecule has 0 saturated carbocycles. The third-order valence-electron chi connectivity index (χ3n) is 3.56. The molecule has 0 spiro atoms. The van der Waals surface area contributed by atoms with Gasteiger partial charge >= 0.3 is 5.69 Å². The first-order chi connectivity index (χ1) is 11.5. The van der Waals surface area contributed by atoms with Crippen LogP contribution in [0.2, 0.25) is 0 Å². The molecule has 2 aromatic carbocycles. The number of halogens is 1. The van der Waals surface area contributed by atoms with E-state index in [-0.39, 0.29) is 0 Å². The minimum Gasteiger partial charge on any atom is -0.377 e. The summed E-state index contributed by atoms with van der Waals surface area (Å²) in [6.45, 7) is 0. The maximum atomic E-state index is 12.4. The fraction of sp³-hybridized carbons (Fsp3) is 0.118. The highest BCUT2D eigenvalue weighted by Gasteiger charge is 2.06. The van der Waals surface area contributed by atoms with Crippen LogP contribution in [0, 0.1) is 0 Å². The molecule has 1 N–H and O–H groups in total. The Bertz CT molecular complexity index is 1050. The average Bonchev–Trinajstić information content (AvgIpc) is 2.54. The predicted octanol–water partition coefficient (Wildman–Crippen LogP) is 2.40. The van der Waals surface area contributed by atoms with Crippen LogP contribution in [0.1, 0.15) is 5.56 Å². The van der Waals surface area contributed by atoms with Crippen molar-refractivity contribution in [2.24, 2.45) is 5.10 Å². The van der Waals surface area contributed by atoms with Crippen molar-refractivity contribution in [1.29, 1.82) is 0 Å². The summed E-state index contributed by atoms with van der Waals surface area (Å²) in [5, 5.41) is 4.46. The van der Waals surface area contributed by atoms with Crippen LogP contribution in [0.5, 0.6) is 0 Å². The number of aromatic nitrogens is 2. The molecule has 24 heavy (non-hydrogen) atoms. The number of hydrogen-bond acceptors (Lipinski definition) is 4. The van der Waals surface area contributed by atoms with Crippen molar-refractivity contribution in [3.8, 4) is 0 Å². The van der Waals surface area contributed by atoms with Crippen LogP contribution < -0.4 is 16.1 Å². The van der Waals surface area contributed by atoms with Crippen molar-refractivity contribution in [3.63, 3.8) is 0 Å². The summed E-state index contributed by atoms with van der Waals surface area (Å²) < 4.78 is 1.73. The summed E-state index contributed by atoms with van der Waals surface area (Å²) >= 11 is 3.50. The van der Waals surface area contributed by atoms with Gasteiger partial charge in [-0.2, -0.15) is 5.10 Å². The van der Waals surface area contributed by atoms with E-state index < -0.39 is 11.2 Å². The van der Waals surface area contributed by atoms with Gasteiger partial charge in [0, 0.05) is 18.6 Å². The molecule has 0 amide bonds. The van der Waals surface area contributed by atoms with Crippen molar-refractivity contribution in [3.05, 3.63) is 73.3 Å². The average molecular weight is 387 g/mol. The molecule has 6 nitrogen and oxygen atoms in total. The Labute approximate surface area is 146 Å². The first kappa shape index (κ1) is 16.2. The standard InChI is InChI=1S/C17H15BrN4O2/c1-21(2)15-8-7-11(9-13(15)18)10-19-22-16(23)12-5-3-4-6-14(12)20-17(22)24/h3-10H,1-2H3,(H,20,24). The number of H-pyrrole nitrogens is 1. The second-order valence-corrected chi connectivity index (χ2v) is 6.30. The summed E-state index contributed by atoms with van der Waals surface area (Å²) in [5.74, 6) is 0. The van der Waals surface area contributed by atoms with Crippen LogP contribution in [-0.2, 0) is 0 Å². The largest absolute Gasteiger partial charge is 0.377 e. The SMILES string of the molecule is CN(C)c1ccc(C=Nn2c(=O)[nH]c3ccccc3c2=O)cc1Br. The van der Waals surface area contributed by atoms with Crippen LogP contribution in [0.3, 0.4) is 0 Å². The molecule has 0 radical (unpaired) electrons. The van der Waals surface area contributed by atoms with Crippen molar-refractivity contribution in [2.75, 3.05) is 19.0 Å². The zero-order valence-corrected chi connectivity index (χ0v) is 14.7. The molecule has 0 fully saturated rings. The Morgan fingerprint density at radius 1 is 1.17 bits per heavy atom. The Morgan fingerprint density at radius 3 is 2.62 bits per heavy atom. The van der Waals surface area contributed by atoms with Gasteiger partial charge in [-0.25, -0.2) is 4.79 Å². The molecule has 7 heteroatoms. The zero-order chi connectivity index (χ0) is 17.3. The van der Waals surface area contributed by atoms with Gasteiger partial charge in [0.15, 0.2) is 0 Å². The Morgan fingerprint density at radius 2 is 1.92 bits per heavy atom. The van der Waals surface area contributed by atoms with E-state index >= 15 is 0 Å². The van der Waals surface area contributed by atoms with Gasteiger partial charge in [-0.3, -0.25) is 4.79 Å². The highest BCUT2D eigenvalue weighted by Crippen LogP contribution is 2.25. The van der Waals surface area contributed by atoms with Crippen molar-refractivity contribution < 1.29 is 0 Å². The predicted molar refractivity (Wildman–Crippen MR) is 100 cm³/mol. The summed E-state index contributed by atoms with van der Waals surface area (Å²) in [6.07, 6.45) is 1.48. The lowest BCUT2D eigenvalue weighted by Crippen LogP contribution is -2.32. The maximum absolute atomic E-state index is 12.4. The van der Waals surface area contributed by atoms with Gasteiger partial charge in [-0.05, 0) is 45.8 Å². The lowest BCUT2D eigenvalue weighted by atomic mass is 10.2. The molecular formula is C17H15BrN4O2. The van der Waals surface area contributed by atoms with Gasteiger partial charge < -0.3 is 9.88 Å². The van der Waals surface area contributed by atoms with Crippen LogP contribution >= 0.6 is 15.9 Å². The summed E-state index contributed by atoms with van der Waals surface area (Å²) in [4.78, 5) is 29.1. The fourth-order valence-electron chi connectivity index (χ4n) is 2.35. The van der Waals surface area contributed by atoms with E-state index in [1.54, 1.807) is 24.3 Å². The molecule has 3 aromatic rings. The van der Waals surface area contributed by atoms with Crippen molar-refractivity contribution >= 4 is 38.7 Å². The minimum atomic E-state index is -0.570. The number of para-hydroxylation sites is 1. The van der Waals surface area contributed by atoms with E-state index in [1.165, 1.54) is 6.21 Å². The quantitative estimate of drug-likeness (QED) is 0.702. The fourth-order valence-corrected chi connectivity index (χ4v) is 3.10. The molecule has 0 atom stereocenters. The second-order valence-electron chi connectivity index (χ2n) is 5.44. The highest BCUT2D eigenvalue weighted by atomic mass is 79.9. The van der Waals surface area contributed by atoms with Gasteiger partial charge in [0.2, 0.25) is 0 Å². The van der Waals surface area contributed by atoms with E-state index in [9.17, 15) is 9.59 Å². The molecular weight excluding hydrogens is 372 g/mol. The number of aromatic amines is 1. The lowest BCUT2D eigenvalue weighted by molar-refractivity contribution is 0.771. The Balaban J connectivity index is 2.04. The van der Waals surface area contributed by atoms with Gasteiger partial charge in [0.05, 0.1) is 22.8 Å². The van der Waals surface area contributed by atoms with Crippen LogP contribution in [0.25, 0.3) is 10.9 Å². The van der Waals surface area contributed by atoms with Crippen LogP contribution in [-0.4, -0.2) is 30.0 Å². The number of hydrogen-bond donors (Lipinski definition) is 1. The lowest BCUT2D eigenvalue weighted by Gasteiger charge is -2.14. The molecule has 1 heterocycles. The van der Waals surface area contributed by atoms with Crippen molar-refractivity contribution in [1.82, 2.24) is 9.66 Å². The van der Waals surface area contributed by atoms with E-state index in [4.69, 9.17) is 0 Å². The normalized spacial score (nSPS) is 11.3. The van der Waals surface area contributed by atoms with Gasteiger partial charge in [0.25, 0.3) is 5.56 Å². The number of nitrogens with zero attached hydrogens (tertiary/aromatic N) is 3. The number of nitrogens with one attached hydrogen (secondary N) is 1. The first-order valence-electron chi connectivity index (χ1n) is 7.22. The summed E-state index contributed by atoms with van der Waals surface area (Å²) in [5.41, 5.74) is 1.27. The van der Waals surface area contributed by atoms with Gasteiger partial charge in [-0.1, -0.05) is 18.2 Å². The molecule has 0 aliphatic rings. The Hall–Kier alpha value is -2.67. The van der Waals surface area contributed by atoms with Crippen LogP contribution in [0.15, 0.2) is 61.6 Å². The smallest absolute Gasteiger partial charge is 0.349 e.